The lowest BCUT2D eigenvalue weighted by atomic mass is 9.41. The quantitative estimate of drug-likeness (QED) is 0.166. The first-order valence-electron chi connectivity index (χ1n) is 27.4. The molecule has 8 bridgehead atoms. The lowest BCUT2D eigenvalue weighted by Gasteiger charge is -2.63. The summed E-state index contributed by atoms with van der Waals surface area (Å²) >= 11 is 4.28. The van der Waals surface area contributed by atoms with Gasteiger partial charge in [0.25, 0.3) is 0 Å². The second-order valence-electron chi connectivity index (χ2n) is 27.0. The number of thioether (sulfide) groups is 2. The number of hydrogen-bond donors (Lipinski definition) is 2. The molecule has 4 heteroatoms. The van der Waals surface area contributed by atoms with E-state index in [1.165, 1.54) is 160 Å². The van der Waals surface area contributed by atoms with Gasteiger partial charge in [-0.15, -0.1) is 0 Å². The molecular weight excluding hydrogens is 865 g/mol. The zero-order valence-electron chi connectivity index (χ0n) is 43.2. The van der Waals surface area contributed by atoms with Gasteiger partial charge in [-0.05, 0) is 171 Å². The number of aryl methyl sites for hydroxylation is 2. The Hall–Kier alpha value is -2.82. The Morgan fingerprint density at radius 1 is 0.471 bits per heavy atom. The zero-order chi connectivity index (χ0) is 47.4. The molecule has 0 amide bonds. The Balaban J connectivity index is 0.879. The maximum absolute atomic E-state index is 12.8. The zero-order valence-corrected chi connectivity index (χ0v) is 44.9. The molecule has 0 saturated heterocycles. The molecule has 0 spiro atoms. The predicted molar refractivity (Wildman–Crippen MR) is 290 cm³/mol. The van der Waals surface area contributed by atoms with E-state index in [0.29, 0.717) is 22.0 Å². The molecular formula is C64H84O2S2. The maximum Gasteiger partial charge on any atom is 0.123 e. The van der Waals surface area contributed by atoms with Crippen molar-refractivity contribution in [1.29, 1.82) is 0 Å². The van der Waals surface area contributed by atoms with Crippen molar-refractivity contribution in [2.45, 2.75) is 225 Å². The average Bonchev–Trinajstić information content (AvgIpc) is 3.25. The van der Waals surface area contributed by atoms with E-state index in [1.807, 2.05) is 0 Å². The van der Waals surface area contributed by atoms with E-state index < -0.39 is 0 Å². The van der Waals surface area contributed by atoms with Gasteiger partial charge in [0.15, 0.2) is 0 Å². The van der Waals surface area contributed by atoms with Crippen molar-refractivity contribution >= 4 is 23.5 Å². The summed E-state index contributed by atoms with van der Waals surface area (Å²) in [5.41, 5.74) is 14.0. The van der Waals surface area contributed by atoms with Crippen LogP contribution in [0.4, 0.5) is 0 Å². The molecule has 9 aliphatic carbocycles. The van der Waals surface area contributed by atoms with Gasteiger partial charge in [-0.3, -0.25) is 0 Å². The predicted octanol–water partition coefficient (Wildman–Crippen LogP) is 17.1. The highest BCUT2D eigenvalue weighted by molar-refractivity contribution is 8.03. The van der Waals surface area contributed by atoms with Crippen molar-refractivity contribution in [2.24, 2.45) is 23.7 Å². The van der Waals surface area contributed by atoms with Crippen molar-refractivity contribution in [3.63, 3.8) is 0 Å². The minimum atomic E-state index is -0.00267. The van der Waals surface area contributed by atoms with Crippen molar-refractivity contribution in [2.75, 3.05) is 0 Å². The lowest BCUT2D eigenvalue weighted by Crippen LogP contribution is -2.56. The summed E-state index contributed by atoms with van der Waals surface area (Å²) < 4.78 is 0. The summed E-state index contributed by atoms with van der Waals surface area (Å²) in [5, 5.41) is 26.5. The van der Waals surface area contributed by atoms with Crippen LogP contribution in [0, 0.1) is 37.5 Å². The first kappa shape index (κ1) is 47.5. The van der Waals surface area contributed by atoms with E-state index in [1.54, 1.807) is 11.1 Å². The van der Waals surface area contributed by atoms with E-state index in [0.717, 1.165) is 35.2 Å². The van der Waals surface area contributed by atoms with Gasteiger partial charge in [-0.1, -0.05) is 151 Å². The first-order chi connectivity index (χ1) is 32.3. The normalized spacial score (nSPS) is 34.3. The molecule has 364 valence electrons. The summed E-state index contributed by atoms with van der Waals surface area (Å²) in [6.45, 7) is 18.7. The Kier molecular flexibility index (Phi) is 12.2. The van der Waals surface area contributed by atoms with Crippen LogP contribution >= 0.6 is 23.5 Å². The van der Waals surface area contributed by atoms with Crippen LogP contribution in [0.1, 0.15) is 213 Å². The molecule has 0 aromatic heterocycles. The van der Waals surface area contributed by atoms with E-state index in [2.05, 4.69) is 152 Å². The highest BCUT2D eigenvalue weighted by Crippen LogP contribution is 2.69. The number of benzene rings is 4. The van der Waals surface area contributed by atoms with Crippen LogP contribution in [0.3, 0.4) is 0 Å². The topological polar surface area (TPSA) is 40.5 Å². The van der Waals surface area contributed by atoms with Crippen LogP contribution in [0.25, 0.3) is 0 Å². The molecule has 9 fully saturated rings. The molecule has 9 aliphatic rings. The second kappa shape index (κ2) is 17.4. The SMILES string of the molecule is Cc1ccc(C23CC4CC(C2)CC(c2cc(C(C)(C)C)cc(CS[C@H]5CCCCCC[C@@H]5SCc5cc(C(C)(C)C)cc(C67CC8CC(CC(c9ccc(C)cc9)(C8)C6)C7)c5O)c2O)(C4)C3)cc1. The molecule has 68 heavy (non-hydrogen) atoms. The lowest BCUT2D eigenvalue weighted by molar-refractivity contribution is -0.0292. The van der Waals surface area contributed by atoms with E-state index in [-0.39, 0.29) is 32.5 Å². The number of rotatable bonds is 10. The molecule has 2 nitrogen and oxygen atoms in total. The van der Waals surface area contributed by atoms with Crippen LogP contribution in [0.2, 0.25) is 0 Å². The largest absolute Gasteiger partial charge is 0.507 e. The van der Waals surface area contributed by atoms with Gasteiger partial charge in [-0.25, -0.2) is 0 Å². The fraction of sp³-hybridized carbons (Fsp3) is 0.625. The average molecular weight is 950 g/mol. The minimum absolute atomic E-state index is 0.00267. The molecule has 6 atom stereocenters. The second-order valence-corrected chi connectivity index (χ2v) is 29.5. The molecule has 0 heterocycles. The van der Waals surface area contributed by atoms with Crippen LogP contribution in [0.5, 0.6) is 11.5 Å². The molecule has 4 unspecified atom stereocenters. The van der Waals surface area contributed by atoms with Crippen molar-refractivity contribution in [3.05, 3.63) is 128 Å². The van der Waals surface area contributed by atoms with Gasteiger partial charge < -0.3 is 10.2 Å². The number of aromatic hydroxyl groups is 2. The fourth-order valence-electron chi connectivity index (χ4n) is 17.1. The molecule has 4 aromatic carbocycles. The van der Waals surface area contributed by atoms with Crippen molar-refractivity contribution < 1.29 is 10.2 Å². The maximum atomic E-state index is 12.8. The Morgan fingerprint density at radius 3 is 1.15 bits per heavy atom. The number of phenols is 2. The van der Waals surface area contributed by atoms with Crippen molar-refractivity contribution in [3.8, 4) is 11.5 Å². The van der Waals surface area contributed by atoms with Crippen LogP contribution in [0.15, 0.2) is 72.8 Å². The molecule has 4 aromatic rings. The van der Waals surface area contributed by atoms with Gasteiger partial charge in [0.2, 0.25) is 0 Å². The van der Waals surface area contributed by atoms with E-state index >= 15 is 0 Å². The van der Waals surface area contributed by atoms with Gasteiger partial charge in [-0.2, -0.15) is 23.5 Å². The molecule has 13 rings (SSSR count). The first-order valence-corrected chi connectivity index (χ1v) is 29.5. The van der Waals surface area contributed by atoms with E-state index in [4.69, 9.17) is 0 Å². The molecule has 2 N–H and O–H groups in total. The summed E-state index contributed by atoms with van der Waals surface area (Å²) in [5.74, 6) is 5.91. The highest BCUT2D eigenvalue weighted by atomic mass is 32.2. The monoisotopic (exact) mass is 949 g/mol. The van der Waals surface area contributed by atoms with Crippen molar-refractivity contribution in [1.82, 2.24) is 0 Å². The molecule has 9 saturated carbocycles. The smallest absolute Gasteiger partial charge is 0.123 e. The highest BCUT2D eigenvalue weighted by Gasteiger charge is 2.61. The van der Waals surface area contributed by atoms with Crippen LogP contribution in [-0.4, -0.2) is 20.7 Å². The van der Waals surface area contributed by atoms with Crippen LogP contribution < -0.4 is 0 Å². The van der Waals surface area contributed by atoms with Gasteiger partial charge in [0, 0.05) is 55.1 Å². The number of hydrogen-bond acceptors (Lipinski definition) is 4. The Bertz CT molecular complexity index is 2300. The Morgan fingerprint density at radius 2 is 0.809 bits per heavy atom. The summed E-state index contributed by atoms with van der Waals surface area (Å²) in [6.07, 6.45) is 22.9. The summed E-state index contributed by atoms with van der Waals surface area (Å²) in [6, 6.07) is 28.9. The molecule has 0 aliphatic heterocycles. The van der Waals surface area contributed by atoms with Gasteiger partial charge in [0.1, 0.15) is 11.5 Å². The van der Waals surface area contributed by atoms with Gasteiger partial charge >= 0.3 is 0 Å². The van der Waals surface area contributed by atoms with E-state index in [9.17, 15) is 10.2 Å². The fourth-order valence-corrected chi connectivity index (χ4v) is 20.2. The minimum Gasteiger partial charge on any atom is -0.507 e. The summed E-state index contributed by atoms with van der Waals surface area (Å²) in [4.78, 5) is 0. The third kappa shape index (κ3) is 8.64. The van der Waals surface area contributed by atoms with Gasteiger partial charge in [0.05, 0.1) is 0 Å². The standard InChI is InChI=1S/C64H84O2S2/c1-41-15-19-49(20-16-41)61-29-43-23-44(30-61)34-63(33-43,39-61)53-27-51(59(3,4)5)25-47(57(53)65)37-67-55-13-11-9-10-12-14-56(55)68-38-48-26-52(60(6,7)8)28-54(58(48)66)64-35-45-24-46(36-64)32-62(31-45,40-64)50-21-17-42(2)18-22-50/h15-22,25-28,43-46,55-56,65-66H,9-14,23-24,29-40H2,1-8H3/t43?,44?,45?,46?,55-,56-,61?,62?,63?,64?/m0/s1. The number of phenolic OH excluding ortho intramolecular Hbond substituents is 2. The third-order valence-electron chi connectivity index (χ3n) is 19.8. The third-order valence-corrected chi connectivity index (χ3v) is 22.9. The molecule has 0 radical (unpaired) electrons. The van der Waals surface area contributed by atoms with Crippen LogP contribution in [-0.2, 0) is 44.0 Å². The summed E-state index contributed by atoms with van der Waals surface area (Å²) in [7, 11) is 0. The Labute approximate surface area is 420 Å².